The lowest BCUT2D eigenvalue weighted by Gasteiger charge is -2.16. The Morgan fingerprint density at radius 2 is 2.32 bits per heavy atom. The van der Waals surface area contributed by atoms with Crippen molar-refractivity contribution in [1.29, 1.82) is 0 Å². The number of aryl methyl sites for hydroxylation is 1. The molecule has 7 nitrogen and oxygen atoms in total. The molecule has 2 aromatic rings. The van der Waals surface area contributed by atoms with Crippen LogP contribution >= 0.6 is 0 Å². The Hall–Kier alpha value is -2.31. The van der Waals surface area contributed by atoms with Crippen molar-refractivity contribution < 1.29 is 4.79 Å². The summed E-state index contributed by atoms with van der Waals surface area (Å²) in [6, 6.07) is 3.82. The van der Waals surface area contributed by atoms with E-state index in [4.69, 9.17) is 0 Å². The Balaban J connectivity index is 1.98. The van der Waals surface area contributed by atoms with Crippen molar-refractivity contribution in [2.24, 2.45) is 0 Å². The molecule has 7 heteroatoms. The number of nitrogens with zero attached hydrogens (tertiary/aromatic N) is 5. The number of pyridine rings is 1. The van der Waals surface area contributed by atoms with Gasteiger partial charge in [0.1, 0.15) is 12.9 Å². The second-order valence-corrected chi connectivity index (χ2v) is 4.30. The van der Waals surface area contributed by atoms with Crippen molar-refractivity contribution in [1.82, 2.24) is 30.5 Å². The third-order valence-electron chi connectivity index (χ3n) is 2.73. The van der Waals surface area contributed by atoms with E-state index in [0.29, 0.717) is 0 Å². The van der Waals surface area contributed by atoms with Crippen molar-refractivity contribution >= 4 is 5.91 Å². The minimum absolute atomic E-state index is 0.0930. The van der Waals surface area contributed by atoms with Gasteiger partial charge >= 0.3 is 0 Å². The number of hydrogen-bond donors (Lipinski definition) is 1. The van der Waals surface area contributed by atoms with E-state index in [0.717, 1.165) is 17.7 Å². The fourth-order valence-electron chi connectivity index (χ4n) is 1.71. The normalized spacial score (nSPS) is 12.1. The van der Waals surface area contributed by atoms with Crippen molar-refractivity contribution in [3.8, 4) is 0 Å². The zero-order valence-corrected chi connectivity index (χ0v) is 10.9. The van der Waals surface area contributed by atoms with Crippen LogP contribution in [0.2, 0.25) is 0 Å². The first-order chi connectivity index (χ1) is 9.19. The molecule has 2 aromatic heterocycles. The van der Waals surface area contributed by atoms with E-state index in [1.54, 1.807) is 6.20 Å². The van der Waals surface area contributed by atoms with Crippen LogP contribution < -0.4 is 5.32 Å². The number of amides is 1. The van der Waals surface area contributed by atoms with E-state index >= 15 is 0 Å². The number of nitrogens with one attached hydrogen (secondary N) is 1. The smallest absolute Gasteiger partial charge is 0.242 e. The van der Waals surface area contributed by atoms with Crippen LogP contribution in [0.15, 0.2) is 24.7 Å². The van der Waals surface area contributed by atoms with E-state index in [9.17, 15) is 4.79 Å². The number of rotatable bonds is 5. The van der Waals surface area contributed by atoms with Crippen LogP contribution in [0.25, 0.3) is 0 Å². The fraction of sp³-hybridized carbons (Fsp3) is 0.417. The van der Waals surface area contributed by atoms with E-state index < -0.39 is 0 Å². The lowest BCUT2D eigenvalue weighted by molar-refractivity contribution is -0.122. The molecule has 1 atom stereocenters. The molecule has 2 rings (SSSR count). The van der Waals surface area contributed by atoms with Crippen LogP contribution in [0.4, 0.5) is 0 Å². The van der Waals surface area contributed by atoms with Crippen LogP contribution in [0.5, 0.6) is 0 Å². The highest BCUT2D eigenvalue weighted by Gasteiger charge is 2.14. The molecule has 19 heavy (non-hydrogen) atoms. The summed E-state index contributed by atoms with van der Waals surface area (Å²) in [4.78, 5) is 16.2. The highest BCUT2D eigenvalue weighted by atomic mass is 16.2. The molecular weight excluding hydrogens is 244 g/mol. The molecule has 0 aliphatic heterocycles. The fourth-order valence-corrected chi connectivity index (χ4v) is 1.71. The molecule has 0 bridgehead atoms. The lowest BCUT2D eigenvalue weighted by Crippen LogP contribution is -2.31. The molecule has 100 valence electrons. The first kappa shape index (κ1) is 13.1. The Bertz CT molecular complexity index is 522. The van der Waals surface area contributed by atoms with Crippen LogP contribution in [0, 0.1) is 6.92 Å². The van der Waals surface area contributed by atoms with Gasteiger partial charge in [0, 0.05) is 6.20 Å². The average molecular weight is 260 g/mol. The van der Waals surface area contributed by atoms with Gasteiger partial charge in [0.15, 0.2) is 0 Å². The van der Waals surface area contributed by atoms with E-state index in [1.165, 1.54) is 11.0 Å². The molecular formula is C12H16N6O. The highest BCUT2D eigenvalue weighted by molar-refractivity contribution is 5.76. The maximum absolute atomic E-state index is 11.9. The summed E-state index contributed by atoms with van der Waals surface area (Å²) in [7, 11) is 0. The Morgan fingerprint density at radius 3 is 2.89 bits per heavy atom. The monoisotopic (exact) mass is 260 g/mol. The number of carbonyl (C=O) groups excluding carboxylic acids is 1. The largest absolute Gasteiger partial charge is 0.346 e. The second kappa shape index (κ2) is 6.03. The van der Waals surface area contributed by atoms with E-state index in [1.807, 2.05) is 26.0 Å². The average Bonchev–Trinajstić information content (AvgIpc) is 2.90. The first-order valence-electron chi connectivity index (χ1n) is 6.11. The van der Waals surface area contributed by atoms with Gasteiger partial charge in [-0.25, -0.2) is 4.68 Å². The summed E-state index contributed by atoms with van der Waals surface area (Å²) < 4.78 is 1.38. The molecule has 0 aliphatic carbocycles. The summed E-state index contributed by atoms with van der Waals surface area (Å²) in [5, 5.41) is 13.5. The third kappa shape index (κ3) is 3.57. The summed E-state index contributed by atoms with van der Waals surface area (Å²) in [6.45, 7) is 4.09. The van der Waals surface area contributed by atoms with Crippen molar-refractivity contribution in [3.63, 3.8) is 0 Å². The standard InChI is InChI=1S/C12H16N6O/c1-3-10(11-5-4-9(2)6-13-11)15-12(19)7-18-8-14-16-17-18/h4-6,8,10H,3,7H2,1-2H3,(H,15,19)/t10-/m0/s1. The van der Waals surface area contributed by atoms with Crippen LogP contribution in [0.3, 0.4) is 0 Å². The molecule has 0 saturated carbocycles. The maximum Gasteiger partial charge on any atom is 0.242 e. The lowest BCUT2D eigenvalue weighted by atomic mass is 10.1. The number of aromatic nitrogens is 5. The van der Waals surface area contributed by atoms with Gasteiger partial charge in [-0.1, -0.05) is 13.0 Å². The summed E-state index contributed by atoms with van der Waals surface area (Å²) in [6.07, 6.45) is 3.98. The van der Waals surface area contributed by atoms with Crippen LogP contribution in [0.1, 0.15) is 30.6 Å². The van der Waals surface area contributed by atoms with Gasteiger partial charge in [0.25, 0.3) is 0 Å². The number of hydrogen-bond acceptors (Lipinski definition) is 5. The van der Waals surface area contributed by atoms with Gasteiger partial charge in [-0.2, -0.15) is 0 Å². The number of tetrazole rings is 1. The van der Waals surface area contributed by atoms with Gasteiger partial charge < -0.3 is 5.32 Å². The zero-order valence-electron chi connectivity index (χ0n) is 10.9. The van der Waals surface area contributed by atoms with Crippen molar-refractivity contribution in [2.75, 3.05) is 0 Å². The molecule has 0 fully saturated rings. The summed E-state index contributed by atoms with van der Waals surface area (Å²) in [5.74, 6) is -0.137. The Labute approximate surface area is 111 Å². The molecule has 0 aromatic carbocycles. The maximum atomic E-state index is 11.9. The molecule has 0 aliphatic rings. The van der Waals surface area contributed by atoms with Crippen molar-refractivity contribution in [2.45, 2.75) is 32.9 Å². The predicted octanol–water partition coefficient (Wildman–Crippen LogP) is 0.644. The van der Waals surface area contributed by atoms with E-state index in [2.05, 4.69) is 25.8 Å². The van der Waals surface area contributed by atoms with Gasteiger partial charge in [0.05, 0.1) is 11.7 Å². The van der Waals surface area contributed by atoms with E-state index in [-0.39, 0.29) is 18.5 Å². The van der Waals surface area contributed by atoms with Gasteiger partial charge in [-0.15, -0.1) is 5.10 Å². The molecule has 0 saturated heterocycles. The Morgan fingerprint density at radius 1 is 1.47 bits per heavy atom. The predicted molar refractivity (Wildman–Crippen MR) is 68.0 cm³/mol. The molecule has 2 heterocycles. The molecule has 0 unspecified atom stereocenters. The van der Waals surface area contributed by atoms with Gasteiger partial charge in [-0.3, -0.25) is 9.78 Å². The second-order valence-electron chi connectivity index (χ2n) is 4.30. The SMILES string of the molecule is CC[C@H](NC(=O)Cn1cnnn1)c1ccc(C)cn1. The Kier molecular flexibility index (Phi) is 4.17. The van der Waals surface area contributed by atoms with Crippen LogP contribution in [-0.2, 0) is 11.3 Å². The topological polar surface area (TPSA) is 85.6 Å². The minimum atomic E-state index is -0.137. The first-order valence-corrected chi connectivity index (χ1v) is 6.11. The minimum Gasteiger partial charge on any atom is -0.346 e. The van der Waals surface area contributed by atoms with Gasteiger partial charge in [0.2, 0.25) is 5.91 Å². The molecule has 1 amide bonds. The quantitative estimate of drug-likeness (QED) is 0.852. The summed E-state index contributed by atoms with van der Waals surface area (Å²) >= 11 is 0. The van der Waals surface area contributed by atoms with Gasteiger partial charge in [-0.05, 0) is 35.4 Å². The van der Waals surface area contributed by atoms with Crippen molar-refractivity contribution in [3.05, 3.63) is 35.9 Å². The number of carbonyl (C=O) groups is 1. The molecule has 0 radical (unpaired) electrons. The zero-order chi connectivity index (χ0) is 13.7. The molecule has 0 spiro atoms. The third-order valence-corrected chi connectivity index (χ3v) is 2.73. The molecule has 1 N–H and O–H groups in total. The summed E-state index contributed by atoms with van der Waals surface area (Å²) in [5.41, 5.74) is 1.96. The van der Waals surface area contributed by atoms with Crippen LogP contribution in [-0.4, -0.2) is 31.1 Å². The highest BCUT2D eigenvalue weighted by Crippen LogP contribution is 2.14.